The van der Waals surface area contributed by atoms with E-state index in [1.165, 1.54) is 7.05 Å². The zero-order valence-corrected chi connectivity index (χ0v) is 14.2. The first-order valence-electron chi connectivity index (χ1n) is 8.46. The minimum absolute atomic E-state index is 0.165. The number of carbonyl (C=O) groups excluding carboxylic acids is 3. The average Bonchev–Trinajstić information content (AvgIpc) is 2.94. The maximum Gasteiger partial charge on any atom is 0.255 e. The summed E-state index contributed by atoms with van der Waals surface area (Å²) in [5, 5.41) is 0. The average molecular weight is 339 g/mol. The van der Waals surface area contributed by atoms with Gasteiger partial charge in [0.25, 0.3) is 11.8 Å². The summed E-state index contributed by atoms with van der Waals surface area (Å²) in [6.45, 7) is 0.957. The first-order chi connectivity index (χ1) is 12.0. The molecule has 2 aliphatic rings. The number of piperidine rings is 1. The van der Waals surface area contributed by atoms with Crippen molar-refractivity contribution in [3.63, 3.8) is 0 Å². The third-order valence-electron chi connectivity index (χ3n) is 4.72. The van der Waals surface area contributed by atoms with E-state index in [2.05, 4.69) is 11.8 Å². The summed E-state index contributed by atoms with van der Waals surface area (Å²) in [6, 6.07) is 4.89. The molecular weight excluding hydrogens is 318 g/mol. The van der Waals surface area contributed by atoms with Gasteiger partial charge >= 0.3 is 0 Å². The lowest BCUT2D eigenvalue weighted by Crippen LogP contribution is -2.53. The molecule has 3 rings (SSSR count). The van der Waals surface area contributed by atoms with Crippen molar-refractivity contribution in [2.24, 2.45) is 5.73 Å². The normalized spacial score (nSPS) is 19.8. The molecule has 3 amide bonds. The largest absolute Gasteiger partial charge is 0.330 e. The van der Waals surface area contributed by atoms with Gasteiger partial charge in [-0.15, -0.1) is 0 Å². The highest BCUT2D eigenvalue weighted by atomic mass is 16.2. The minimum atomic E-state index is -0.583. The maximum absolute atomic E-state index is 12.8. The number of likely N-dealkylation sites (N-methyl/N-ethyl adjacent to an activating group) is 1. The van der Waals surface area contributed by atoms with Crippen molar-refractivity contribution >= 4 is 17.7 Å². The van der Waals surface area contributed by atoms with Crippen molar-refractivity contribution in [1.82, 2.24) is 9.80 Å². The van der Waals surface area contributed by atoms with E-state index >= 15 is 0 Å². The molecule has 1 aromatic rings. The second kappa shape index (κ2) is 7.08. The van der Waals surface area contributed by atoms with Crippen LogP contribution in [-0.2, 0) is 16.1 Å². The van der Waals surface area contributed by atoms with E-state index in [9.17, 15) is 14.4 Å². The predicted molar refractivity (Wildman–Crippen MR) is 92.3 cm³/mol. The summed E-state index contributed by atoms with van der Waals surface area (Å²) >= 11 is 0. The van der Waals surface area contributed by atoms with Gasteiger partial charge in [0.05, 0.1) is 0 Å². The standard InChI is InChI=1S/C19H21N3O3/c1-21-17(23)10-9-16(19(21)25)22-12-15-13(6-3-2-4-11-20)7-5-8-14(15)18(22)24/h5,7-8,16H,2,4,9-12,20H2,1H3. The number of unbranched alkanes of at least 4 members (excludes halogenated alkanes) is 1. The first-order valence-corrected chi connectivity index (χ1v) is 8.46. The van der Waals surface area contributed by atoms with Gasteiger partial charge in [-0.25, -0.2) is 0 Å². The molecule has 1 atom stereocenters. The molecule has 0 aliphatic carbocycles. The Balaban J connectivity index is 1.84. The number of rotatable bonds is 3. The van der Waals surface area contributed by atoms with Crippen molar-refractivity contribution in [3.8, 4) is 11.8 Å². The molecule has 1 fully saturated rings. The Morgan fingerprint density at radius 2 is 2.08 bits per heavy atom. The fourth-order valence-electron chi connectivity index (χ4n) is 3.26. The number of benzene rings is 1. The second-order valence-electron chi connectivity index (χ2n) is 6.30. The highest BCUT2D eigenvalue weighted by molar-refractivity contribution is 6.05. The van der Waals surface area contributed by atoms with E-state index in [-0.39, 0.29) is 24.1 Å². The number of imide groups is 1. The SMILES string of the molecule is CN1C(=O)CCC(N2Cc3c(C#CCCCN)cccc3C2=O)C1=O. The highest BCUT2D eigenvalue weighted by Gasteiger charge is 2.41. The quantitative estimate of drug-likeness (QED) is 0.503. The molecule has 25 heavy (non-hydrogen) atoms. The Labute approximate surface area is 147 Å². The molecule has 2 heterocycles. The van der Waals surface area contributed by atoms with Crippen LogP contribution in [0.5, 0.6) is 0 Å². The van der Waals surface area contributed by atoms with E-state index < -0.39 is 6.04 Å². The third kappa shape index (κ3) is 3.15. The fraction of sp³-hybridized carbons (Fsp3) is 0.421. The maximum atomic E-state index is 12.8. The van der Waals surface area contributed by atoms with E-state index in [1.54, 1.807) is 11.0 Å². The zero-order chi connectivity index (χ0) is 18.0. The molecule has 1 unspecified atom stereocenters. The van der Waals surface area contributed by atoms with E-state index in [1.807, 2.05) is 12.1 Å². The lowest BCUT2D eigenvalue weighted by molar-refractivity contribution is -0.150. The number of nitrogens with two attached hydrogens (primary N) is 1. The summed E-state index contributed by atoms with van der Waals surface area (Å²) in [4.78, 5) is 39.5. The Hall–Kier alpha value is -2.65. The van der Waals surface area contributed by atoms with Gasteiger partial charge in [0.1, 0.15) is 6.04 Å². The van der Waals surface area contributed by atoms with E-state index in [0.717, 1.165) is 22.4 Å². The number of likely N-dealkylation sites (tertiary alicyclic amines) is 1. The molecular formula is C19H21N3O3. The third-order valence-corrected chi connectivity index (χ3v) is 4.72. The van der Waals surface area contributed by atoms with Crippen molar-refractivity contribution in [3.05, 3.63) is 34.9 Å². The van der Waals surface area contributed by atoms with Crippen molar-refractivity contribution < 1.29 is 14.4 Å². The molecule has 2 N–H and O–H groups in total. The van der Waals surface area contributed by atoms with Crippen LogP contribution in [0.1, 0.15) is 47.2 Å². The Morgan fingerprint density at radius 3 is 2.84 bits per heavy atom. The van der Waals surface area contributed by atoms with Gasteiger partial charge in [0, 0.05) is 37.6 Å². The second-order valence-corrected chi connectivity index (χ2v) is 6.30. The summed E-state index contributed by atoms with van der Waals surface area (Å²) in [6.07, 6.45) is 2.20. The van der Waals surface area contributed by atoms with Gasteiger partial charge < -0.3 is 10.6 Å². The van der Waals surface area contributed by atoms with Crippen LogP contribution < -0.4 is 5.73 Å². The number of nitrogens with zero attached hydrogens (tertiary/aromatic N) is 2. The molecule has 0 saturated carbocycles. The zero-order valence-electron chi connectivity index (χ0n) is 14.2. The Kier molecular flexibility index (Phi) is 4.86. The van der Waals surface area contributed by atoms with E-state index in [0.29, 0.717) is 31.5 Å². The van der Waals surface area contributed by atoms with Crippen LogP contribution in [0.2, 0.25) is 0 Å². The van der Waals surface area contributed by atoms with Crippen molar-refractivity contribution in [2.75, 3.05) is 13.6 Å². The smallest absolute Gasteiger partial charge is 0.255 e. The number of carbonyl (C=O) groups is 3. The molecule has 130 valence electrons. The van der Waals surface area contributed by atoms with Crippen LogP contribution >= 0.6 is 0 Å². The summed E-state index contributed by atoms with van der Waals surface area (Å²) in [5.41, 5.74) is 7.75. The van der Waals surface area contributed by atoms with Crippen LogP contribution in [0.25, 0.3) is 0 Å². The lowest BCUT2D eigenvalue weighted by atomic mass is 10.0. The molecule has 0 bridgehead atoms. The number of hydrogen-bond donors (Lipinski definition) is 1. The van der Waals surface area contributed by atoms with Gasteiger partial charge in [-0.2, -0.15) is 0 Å². The number of fused-ring (bicyclic) bond motifs is 1. The summed E-state index contributed by atoms with van der Waals surface area (Å²) < 4.78 is 0. The Bertz CT molecular complexity index is 791. The molecule has 0 aromatic heterocycles. The summed E-state index contributed by atoms with van der Waals surface area (Å²) in [7, 11) is 1.47. The van der Waals surface area contributed by atoms with Crippen LogP contribution in [-0.4, -0.2) is 47.2 Å². The highest BCUT2D eigenvalue weighted by Crippen LogP contribution is 2.30. The van der Waals surface area contributed by atoms with Crippen LogP contribution in [0.3, 0.4) is 0 Å². The topological polar surface area (TPSA) is 83.7 Å². The fourth-order valence-corrected chi connectivity index (χ4v) is 3.26. The van der Waals surface area contributed by atoms with Crippen molar-refractivity contribution in [2.45, 2.75) is 38.3 Å². The van der Waals surface area contributed by atoms with Crippen LogP contribution in [0.15, 0.2) is 18.2 Å². The van der Waals surface area contributed by atoms with Gasteiger partial charge in [-0.3, -0.25) is 19.3 Å². The number of hydrogen-bond acceptors (Lipinski definition) is 4. The molecule has 1 aromatic carbocycles. The minimum Gasteiger partial charge on any atom is -0.330 e. The molecule has 0 spiro atoms. The van der Waals surface area contributed by atoms with E-state index in [4.69, 9.17) is 5.73 Å². The monoisotopic (exact) mass is 339 g/mol. The Morgan fingerprint density at radius 1 is 1.28 bits per heavy atom. The molecule has 0 radical (unpaired) electrons. The number of amides is 3. The van der Waals surface area contributed by atoms with Crippen LogP contribution in [0, 0.1) is 11.8 Å². The van der Waals surface area contributed by atoms with Gasteiger partial charge in [0.15, 0.2) is 0 Å². The lowest BCUT2D eigenvalue weighted by Gasteiger charge is -2.33. The first kappa shape index (κ1) is 17.2. The van der Waals surface area contributed by atoms with Crippen molar-refractivity contribution in [1.29, 1.82) is 0 Å². The van der Waals surface area contributed by atoms with Gasteiger partial charge in [-0.1, -0.05) is 17.9 Å². The summed E-state index contributed by atoms with van der Waals surface area (Å²) in [5.74, 6) is 5.53. The molecule has 6 nitrogen and oxygen atoms in total. The van der Waals surface area contributed by atoms with Gasteiger partial charge in [-0.05, 0) is 37.1 Å². The van der Waals surface area contributed by atoms with Gasteiger partial charge in [0.2, 0.25) is 5.91 Å². The molecule has 2 aliphatic heterocycles. The molecule has 6 heteroatoms. The van der Waals surface area contributed by atoms with Crippen LogP contribution in [0.4, 0.5) is 0 Å². The predicted octanol–water partition coefficient (Wildman–Crippen LogP) is 0.880. The molecule has 1 saturated heterocycles.